The van der Waals surface area contributed by atoms with Gasteiger partial charge in [0.25, 0.3) is 0 Å². The van der Waals surface area contributed by atoms with Gasteiger partial charge in [-0.3, -0.25) is 4.57 Å². The first-order chi connectivity index (χ1) is 12.2. The van der Waals surface area contributed by atoms with Crippen LogP contribution in [0.15, 0.2) is 30.3 Å². The molecule has 0 spiro atoms. The molecule has 0 saturated carbocycles. The number of nitrogens with zero attached hydrogens (tertiary/aromatic N) is 4. The minimum absolute atomic E-state index is 0.0634. The van der Waals surface area contributed by atoms with Crippen molar-refractivity contribution in [3.63, 3.8) is 0 Å². The summed E-state index contributed by atoms with van der Waals surface area (Å²) in [6.07, 6.45) is 3.09. The summed E-state index contributed by atoms with van der Waals surface area (Å²) in [6.45, 7) is 0.750. The number of aromatic nitrogens is 4. The number of halogens is 2. The maximum absolute atomic E-state index is 6.33. The van der Waals surface area contributed by atoms with Crippen molar-refractivity contribution in [2.75, 3.05) is 6.61 Å². The van der Waals surface area contributed by atoms with E-state index in [2.05, 4.69) is 49.4 Å². The van der Waals surface area contributed by atoms with Crippen molar-refractivity contribution >= 4 is 45.4 Å². The number of fused-ring (bicyclic) bond motifs is 1. The van der Waals surface area contributed by atoms with Crippen LogP contribution in [0.3, 0.4) is 0 Å². The van der Waals surface area contributed by atoms with Gasteiger partial charge in [0.2, 0.25) is 5.82 Å². The summed E-state index contributed by atoms with van der Waals surface area (Å²) in [6, 6.07) is 9.72. The summed E-state index contributed by atoms with van der Waals surface area (Å²) in [7, 11) is 0. The smallest absolute Gasteiger partial charge is 0.208 e. The van der Waals surface area contributed by atoms with Crippen molar-refractivity contribution in [2.45, 2.75) is 25.5 Å². The Morgan fingerprint density at radius 1 is 1.12 bits per heavy atom. The Bertz CT molecular complexity index is 971. The Balaban J connectivity index is 1.79. The second-order valence-corrected chi connectivity index (χ2v) is 7.02. The Labute approximate surface area is 163 Å². The van der Waals surface area contributed by atoms with Crippen molar-refractivity contribution in [1.29, 1.82) is 0 Å². The molecule has 1 atom stereocenters. The Morgan fingerprint density at radius 2 is 1.96 bits per heavy atom. The quantitative estimate of drug-likeness (QED) is 0.235. The maximum atomic E-state index is 6.33. The van der Waals surface area contributed by atoms with Gasteiger partial charge in [0.05, 0.1) is 0 Å². The predicted octanol–water partition coefficient (Wildman–Crippen LogP) is 4.18. The minimum atomic E-state index is -0.0634. The van der Waals surface area contributed by atoms with Crippen LogP contribution in [0.4, 0.5) is 0 Å². The lowest BCUT2D eigenvalue weighted by molar-refractivity contribution is -0.0313. The van der Waals surface area contributed by atoms with E-state index in [1.165, 1.54) is 0 Å². The summed E-state index contributed by atoms with van der Waals surface area (Å²) < 4.78 is 8.69. The monoisotopic (exact) mass is 464 g/mol. The lowest BCUT2D eigenvalue weighted by atomic mass is 10.2. The van der Waals surface area contributed by atoms with Gasteiger partial charge in [-0.1, -0.05) is 35.7 Å². The standard InChI is InChI=1S/C18H14ClIN4O/c19-16-15-17(24(18(20)23-15)14-8-4-5-11-25-14)22-13(21-16)10-9-12-6-2-1-3-7-12/h1-3,6-7,14H,4-5,8,11H2. The largest absolute Gasteiger partial charge is 0.358 e. The van der Waals surface area contributed by atoms with Gasteiger partial charge in [-0.25, -0.2) is 15.0 Å². The molecule has 0 N–H and O–H groups in total. The average Bonchev–Trinajstić information content (AvgIpc) is 2.98. The molecule has 3 aromatic rings. The van der Waals surface area contributed by atoms with Gasteiger partial charge in [-0.15, -0.1) is 0 Å². The molecule has 3 heterocycles. The highest BCUT2D eigenvalue weighted by molar-refractivity contribution is 14.1. The normalized spacial score (nSPS) is 17.3. The Hall–Kier alpha value is -1.69. The highest BCUT2D eigenvalue weighted by Crippen LogP contribution is 2.30. The first-order valence-electron chi connectivity index (χ1n) is 8.02. The lowest BCUT2D eigenvalue weighted by Crippen LogP contribution is -2.19. The molecule has 1 aliphatic rings. The van der Waals surface area contributed by atoms with Crippen molar-refractivity contribution in [3.05, 3.63) is 50.7 Å². The number of hydrogen-bond acceptors (Lipinski definition) is 4. The summed E-state index contributed by atoms with van der Waals surface area (Å²) in [5.74, 6) is 6.44. The molecule has 5 nitrogen and oxygen atoms in total. The molecule has 126 valence electrons. The number of rotatable bonds is 1. The van der Waals surface area contributed by atoms with E-state index in [9.17, 15) is 0 Å². The van der Waals surface area contributed by atoms with Crippen LogP contribution in [-0.4, -0.2) is 26.1 Å². The SMILES string of the molecule is Clc1nc(C#Cc2ccccc2)nc2c1nc(I)n2C1CCCCO1. The van der Waals surface area contributed by atoms with Crippen LogP contribution in [0.1, 0.15) is 36.9 Å². The number of imidazole rings is 1. The van der Waals surface area contributed by atoms with Crippen molar-refractivity contribution in [1.82, 2.24) is 19.5 Å². The van der Waals surface area contributed by atoms with Crippen molar-refractivity contribution in [3.8, 4) is 11.8 Å². The van der Waals surface area contributed by atoms with Gasteiger partial charge in [-0.05, 0) is 37.3 Å². The fraction of sp³-hybridized carbons (Fsp3) is 0.278. The number of hydrogen-bond donors (Lipinski definition) is 0. The van der Waals surface area contributed by atoms with Gasteiger partial charge >= 0.3 is 0 Å². The molecule has 25 heavy (non-hydrogen) atoms. The van der Waals surface area contributed by atoms with Crippen LogP contribution in [0.2, 0.25) is 5.15 Å². The van der Waals surface area contributed by atoms with Gasteiger partial charge in [-0.2, -0.15) is 0 Å². The third kappa shape index (κ3) is 3.50. The number of ether oxygens (including phenoxy) is 1. The molecule has 1 unspecified atom stereocenters. The molecule has 0 aliphatic carbocycles. The average molecular weight is 465 g/mol. The van der Waals surface area contributed by atoms with Crippen LogP contribution < -0.4 is 0 Å². The van der Waals surface area contributed by atoms with E-state index in [1.54, 1.807) is 0 Å². The van der Waals surface area contributed by atoms with Crippen LogP contribution in [0.25, 0.3) is 11.2 Å². The van der Waals surface area contributed by atoms with Gasteiger partial charge in [0.1, 0.15) is 11.7 Å². The highest BCUT2D eigenvalue weighted by Gasteiger charge is 2.23. The van der Waals surface area contributed by atoms with Crippen molar-refractivity contribution < 1.29 is 4.74 Å². The highest BCUT2D eigenvalue weighted by atomic mass is 127. The van der Waals surface area contributed by atoms with E-state index in [-0.39, 0.29) is 6.23 Å². The van der Waals surface area contributed by atoms with E-state index >= 15 is 0 Å². The second-order valence-electron chi connectivity index (χ2n) is 5.70. The van der Waals surface area contributed by atoms with Crippen LogP contribution in [-0.2, 0) is 4.74 Å². The predicted molar refractivity (Wildman–Crippen MR) is 104 cm³/mol. The molecule has 0 amide bonds. The maximum Gasteiger partial charge on any atom is 0.208 e. The van der Waals surface area contributed by atoms with E-state index in [0.29, 0.717) is 22.1 Å². The zero-order valence-corrected chi connectivity index (χ0v) is 16.2. The Morgan fingerprint density at radius 3 is 2.72 bits per heavy atom. The molecule has 4 rings (SSSR count). The molecular weight excluding hydrogens is 451 g/mol. The van der Waals surface area contributed by atoms with Gasteiger partial charge in [0.15, 0.2) is 14.6 Å². The van der Waals surface area contributed by atoms with E-state index < -0.39 is 0 Å². The zero-order valence-electron chi connectivity index (χ0n) is 13.2. The number of benzene rings is 1. The van der Waals surface area contributed by atoms with Gasteiger partial charge in [0, 0.05) is 34.8 Å². The zero-order chi connectivity index (χ0) is 17.2. The third-order valence-electron chi connectivity index (χ3n) is 3.99. The topological polar surface area (TPSA) is 52.8 Å². The molecule has 1 aromatic carbocycles. The van der Waals surface area contributed by atoms with E-state index in [4.69, 9.17) is 16.3 Å². The first-order valence-corrected chi connectivity index (χ1v) is 9.48. The Kier molecular flexibility index (Phi) is 4.88. The summed E-state index contributed by atoms with van der Waals surface area (Å²) >= 11 is 8.51. The molecular formula is C18H14ClIN4O. The van der Waals surface area contributed by atoms with Crippen molar-refractivity contribution in [2.24, 2.45) is 0 Å². The lowest BCUT2D eigenvalue weighted by Gasteiger charge is -2.24. The van der Waals surface area contributed by atoms with Crippen LogP contribution in [0, 0.1) is 15.7 Å². The third-order valence-corrected chi connectivity index (χ3v) is 5.01. The van der Waals surface area contributed by atoms with Gasteiger partial charge < -0.3 is 4.74 Å². The van der Waals surface area contributed by atoms with E-state index in [0.717, 1.165) is 35.3 Å². The second kappa shape index (κ2) is 7.28. The summed E-state index contributed by atoms with van der Waals surface area (Å²) in [4.78, 5) is 13.4. The first kappa shape index (κ1) is 16.8. The summed E-state index contributed by atoms with van der Waals surface area (Å²) in [5, 5.41) is 0.315. The molecule has 0 radical (unpaired) electrons. The van der Waals surface area contributed by atoms with Crippen LogP contribution >= 0.6 is 34.2 Å². The molecule has 1 saturated heterocycles. The van der Waals surface area contributed by atoms with E-state index in [1.807, 2.05) is 34.9 Å². The molecule has 0 bridgehead atoms. The van der Waals surface area contributed by atoms with Crippen LogP contribution in [0.5, 0.6) is 0 Å². The molecule has 2 aromatic heterocycles. The fourth-order valence-electron chi connectivity index (χ4n) is 2.80. The molecule has 1 fully saturated rings. The fourth-order valence-corrected chi connectivity index (χ4v) is 3.79. The summed E-state index contributed by atoms with van der Waals surface area (Å²) in [5.41, 5.74) is 2.17. The minimum Gasteiger partial charge on any atom is -0.358 e. The molecule has 7 heteroatoms. The molecule has 1 aliphatic heterocycles.